The summed E-state index contributed by atoms with van der Waals surface area (Å²) < 4.78 is 37.6. The molecule has 0 bridgehead atoms. The Hall–Kier alpha value is -1.75. The summed E-state index contributed by atoms with van der Waals surface area (Å²) in [6.07, 6.45) is -4.86. The van der Waals surface area contributed by atoms with Crippen molar-refractivity contribution in [1.82, 2.24) is 0 Å². The normalized spacial score (nSPS) is 37.1. The first-order valence-corrected chi connectivity index (χ1v) is 7.69. The standard InChI is InChI=1S/C15H22O10/c1-7(16)20-6-10-11(21-8(2)17)12(22-9(3)18)13-14(23-10)25-15(4,19-5)24-13/h10-14H,6H2,1-5H3/t10?,11-,12+,13-,14-,15+/m1/s1. The zero-order valence-electron chi connectivity index (χ0n) is 14.7. The van der Waals surface area contributed by atoms with Gasteiger partial charge in [-0.1, -0.05) is 0 Å². The Morgan fingerprint density at radius 2 is 1.56 bits per heavy atom. The van der Waals surface area contributed by atoms with Gasteiger partial charge >= 0.3 is 17.9 Å². The van der Waals surface area contributed by atoms with Crippen LogP contribution in [0.2, 0.25) is 0 Å². The number of hydrogen-bond donors (Lipinski definition) is 0. The third-order valence-corrected chi connectivity index (χ3v) is 3.70. The Labute approximate surface area is 144 Å². The van der Waals surface area contributed by atoms with Crippen LogP contribution in [-0.2, 0) is 47.5 Å². The number of carbonyl (C=O) groups excluding carboxylic acids is 3. The van der Waals surface area contributed by atoms with E-state index >= 15 is 0 Å². The summed E-state index contributed by atoms with van der Waals surface area (Å²) in [5.74, 6) is -3.19. The van der Waals surface area contributed by atoms with Crippen molar-refractivity contribution < 1.29 is 47.5 Å². The summed E-state index contributed by atoms with van der Waals surface area (Å²) in [5, 5.41) is 0. The Balaban J connectivity index is 2.29. The summed E-state index contributed by atoms with van der Waals surface area (Å²) in [5.41, 5.74) is 0. The molecular weight excluding hydrogens is 340 g/mol. The summed E-state index contributed by atoms with van der Waals surface area (Å²) in [7, 11) is 1.37. The van der Waals surface area contributed by atoms with E-state index in [0.29, 0.717) is 0 Å². The van der Waals surface area contributed by atoms with E-state index in [4.69, 9.17) is 33.2 Å². The molecule has 2 fully saturated rings. The highest BCUT2D eigenvalue weighted by Gasteiger charge is 2.59. The fourth-order valence-electron chi connectivity index (χ4n) is 2.67. The molecule has 1 unspecified atom stereocenters. The fraction of sp³-hybridized carbons (Fsp3) is 0.800. The van der Waals surface area contributed by atoms with Gasteiger partial charge in [0, 0.05) is 34.8 Å². The van der Waals surface area contributed by atoms with Crippen LogP contribution in [0.3, 0.4) is 0 Å². The highest BCUT2D eigenvalue weighted by molar-refractivity contribution is 5.67. The molecule has 142 valence electrons. The van der Waals surface area contributed by atoms with E-state index in [9.17, 15) is 14.4 Å². The lowest BCUT2D eigenvalue weighted by Crippen LogP contribution is -2.60. The maximum absolute atomic E-state index is 11.5. The van der Waals surface area contributed by atoms with Gasteiger partial charge in [0.15, 0.2) is 24.6 Å². The van der Waals surface area contributed by atoms with Crippen LogP contribution in [0.25, 0.3) is 0 Å². The van der Waals surface area contributed by atoms with E-state index in [1.54, 1.807) is 0 Å². The van der Waals surface area contributed by atoms with Gasteiger partial charge in [-0.15, -0.1) is 0 Å². The molecule has 2 heterocycles. The van der Waals surface area contributed by atoms with Crippen molar-refractivity contribution in [2.75, 3.05) is 13.7 Å². The van der Waals surface area contributed by atoms with Gasteiger partial charge in [-0.3, -0.25) is 19.1 Å². The first kappa shape index (κ1) is 19.6. The van der Waals surface area contributed by atoms with E-state index in [1.165, 1.54) is 34.8 Å². The number of hydrogen-bond acceptors (Lipinski definition) is 10. The van der Waals surface area contributed by atoms with E-state index in [1.807, 2.05) is 0 Å². The second-order valence-electron chi connectivity index (χ2n) is 5.76. The SMILES string of the molecule is CO[C@]1(C)O[C@H]2OC(COC(C)=O)[C@@H](OC(C)=O)[C@H](OC(C)=O)[C@H]2O1. The minimum Gasteiger partial charge on any atom is -0.463 e. The lowest BCUT2D eigenvalue weighted by Gasteiger charge is -2.40. The van der Waals surface area contributed by atoms with Crippen LogP contribution in [-0.4, -0.2) is 68.3 Å². The van der Waals surface area contributed by atoms with Crippen LogP contribution < -0.4 is 0 Å². The molecule has 2 rings (SSSR count). The van der Waals surface area contributed by atoms with Crippen LogP contribution in [0.5, 0.6) is 0 Å². The number of fused-ring (bicyclic) bond motifs is 1. The molecule has 0 aliphatic carbocycles. The summed E-state index contributed by atoms with van der Waals surface area (Å²) in [6, 6.07) is 0. The van der Waals surface area contributed by atoms with Crippen molar-refractivity contribution >= 4 is 17.9 Å². The zero-order valence-corrected chi connectivity index (χ0v) is 14.7. The van der Waals surface area contributed by atoms with Gasteiger partial charge in [-0.2, -0.15) is 0 Å². The minimum absolute atomic E-state index is 0.221. The largest absolute Gasteiger partial charge is 0.463 e. The maximum Gasteiger partial charge on any atom is 0.303 e. The van der Waals surface area contributed by atoms with Gasteiger partial charge in [0.2, 0.25) is 0 Å². The fourth-order valence-corrected chi connectivity index (χ4v) is 2.67. The van der Waals surface area contributed by atoms with Crippen LogP contribution >= 0.6 is 0 Å². The molecule has 0 amide bonds. The van der Waals surface area contributed by atoms with E-state index in [0.717, 1.165) is 0 Å². The molecule has 0 aromatic carbocycles. The predicted octanol–water partition coefficient (Wildman–Crippen LogP) is -0.127. The van der Waals surface area contributed by atoms with Crippen molar-refractivity contribution in [1.29, 1.82) is 0 Å². The highest BCUT2D eigenvalue weighted by atomic mass is 16.9. The summed E-state index contributed by atoms with van der Waals surface area (Å²) >= 11 is 0. The van der Waals surface area contributed by atoms with E-state index in [-0.39, 0.29) is 6.61 Å². The molecule has 0 aromatic rings. The second-order valence-corrected chi connectivity index (χ2v) is 5.76. The number of esters is 3. The molecule has 2 saturated heterocycles. The highest BCUT2D eigenvalue weighted by Crippen LogP contribution is 2.39. The van der Waals surface area contributed by atoms with Crippen LogP contribution in [0.1, 0.15) is 27.7 Å². The molecule has 10 nitrogen and oxygen atoms in total. The molecule has 2 aliphatic rings. The molecule has 25 heavy (non-hydrogen) atoms. The van der Waals surface area contributed by atoms with Gasteiger partial charge in [0.25, 0.3) is 5.97 Å². The lowest BCUT2D eigenvalue weighted by molar-refractivity contribution is -0.334. The topological polar surface area (TPSA) is 116 Å². The van der Waals surface area contributed by atoms with E-state index < -0.39 is 54.6 Å². The van der Waals surface area contributed by atoms with Gasteiger partial charge in [-0.25, -0.2) is 0 Å². The first-order chi connectivity index (χ1) is 11.6. The third kappa shape index (κ3) is 4.66. The second kappa shape index (κ2) is 7.65. The van der Waals surface area contributed by atoms with E-state index in [2.05, 4.69) is 0 Å². The average Bonchev–Trinajstić information content (AvgIpc) is 2.84. The van der Waals surface area contributed by atoms with Crippen molar-refractivity contribution in [3.63, 3.8) is 0 Å². The van der Waals surface area contributed by atoms with Crippen LogP contribution in [0.15, 0.2) is 0 Å². The molecule has 0 radical (unpaired) electrons. The molecule has 0 spiro atoms. The van der Waals surface area contributed by atoms with Crippen molar-refractivity contribution in [2.24, 2.45) is 0 Å². The van der Waals surface area contributed by atoms with Crippen LogP contribution in [0.4, 0.5) is 0 Å². The van der Waals surface area contributed by atoms with Crippen molar-refractivity contribution in [3.8, 4) is 0 Å². The Bertz CT molecular complexity index is 534. The molecular formula is C15H22O10. The lowest BCUT2D eigenvalue weighted by atomic mass is 9.98. The number of rotatable bonds is 5. The Morgan fingerprint density at radius 1 is 0.960 bits per heavy atom. The third-order valence-electron chi connectivity index (χ3n) is 3.70. The summed E-state index contributed by atoms with van der Waals surface area (Å²) in [6.45, 7) is 4.93. The minimum atomic E-state index is -1.43. The molecule has 0 N–H and O–H groups in total. The number of carbonyl (C=O) groups is 3. The Morgan fingerprint density at radius 3 is 2.08 bits per heavy atom. The quantitative estimate of drug-likeness (QED) is 0.484. The number of ether oxygens (including phenoxy) is 7. The molecule has 6 atom stereocenters. The van der Waals surface area contributed by atoms with Gasteiger partial charge in [-0.05, 0) is 0 Å². The van der Waals surface area contributed by atoms with Crippen molar-refractivity contribution in [2.45, 2.75) is 64.4 Å². The molecule has 2 aliphatic heterocycles. The van der Waals surface area contributed by atoms with Crippen molar-refractivity contribution in [3.05, 3.63) is 0 Å². The zero-order chi connectivity index (χ0) is 18.8. The first-order valence-electron chi connectivity index (χ1n) is 7.69. The molecule has 0 saturated carbocycles. The Kier molecular flexibility index (Phi) is 5.99. The van der Waals surface area contributed by atoms with Gasteiger partial charge in [0.1, 0.15) is 12.7 Å². The smallest absolute Gasteiger partial charge is 0.303 e. The van der Waals surface area contributed by atoms with Gasteiger partial charge < -0.3 is 28.4 Å². The summed E-state index contributed by atoms with van der Waals surface area (Å²) in [4.78, 5) is 34.1. The van der Waals surface area contributed by atoms with Crippen LogP contribution in [0, 0.1) is 0 Å². The molecule has 0 aromatic heterocycles. The predicted molar refractivity (Wildman–Crippen MR) is 77.8 cm³/mol. The molecule has 10 heteroatoms. The maximum atomic E-state index is 11.5. The monoisotopic (exact) mass is 362 g/mol. The number of methoxy groups -OCH3 is 1. The average molecular weight is 362 g/mol. The van der Waals surface area contributed by atoms with Gasteiger partial charge in [0.05, 0.1) is 0 Å².